The van der Waals surface area contributed by atoms with Gasteiger partial charge in [0.05, 0.1) is 19.1 Å². The zero-order valence-corrected chi connectivity index (χ0v) is 10.3. The average Bonchev–Trinajstić information content (AvgIpc) is 2.65. The van der Waals surface area contributed by atoms with Crippen molar-refractivity contribution in [2.24, 2.45) is 5.92 Å². The van der Waals surface area contributed by atoms with Gasteiger partial charge in [-0.25, -0.2) is 0 Å². The van der Waals surface area contributed by atoms with Crippen LogP contribution in [-0.4, -0.2) is 74.4 Å². The van der Waals surface area contributed by atoms with Crippen molar-refractivity contribution in [2.45, 2.75) is 12.5 Å². The minimum absolute atomic E-state index is 0.0275. The van der Waals surface area contributed by atoms with Crippen molar-refractivity contribution in [1.29, 1.82) is 0 Å². The molecule has 0 spiro atoms. The molecule has 0 saturated carbocycles. The molecule has 2 atom stereocenters. The quantitative estimate of drug-likeness (QED) is 0.694. The first kappa shape index (κ1) is 13.4. The van der Waals surface area contributed by atoms with Gasteiger partial charge in [0.1, 0.15) is 0 Å². The summed E-state index contributed by atoms with van der Waals surface area (Å²) >= 11 is 0. The van der Waals surface area contributed by atoms with Gasteiger partial charge >= 0.3 is 5.97 Å². The molecule has 0 aromatic heterocycles. The molecule has 0 amide bonds. The highest BCUT2D eigenvalue weighted by Crippen LogP contribution is 2.18. The maximum absolute atomic E-state index is 11.0. The van der Waals surface area contributed by atoms with E-state index >= 15 is 0 Å². The molecule has 5 heteroatoms. The van der Waals surface area contributed by atoms with Crippen LogP contribution >= 0.6 is 0 Å². The van der Waals surface area contributed by atoms with Crippen molar-refractivity contribution in [3.05, 3.63) is 0 Å². The summed E-state index contributed by atoms with van der Waals surface area (Å²) in [5.41, 5.74) is 0. The molecule has 1 aliphatic heterocycles. The summed E-state index contributed by atoms with van der Waals surface area (Å²) < 4.78 is 5.25. The Labute approximate surface area is 97.0 Å². The summed E-state index contributed by atoms with van der Waals surface area (Å²) in [5.74, 6) is -1.12. The van der Waals surface area contributed by atoms with Gasteiger partial charge in [-0.2, -0.15) is 0 Å². The summed E-state index contributed by atoms with van der Waals surface area (Å²) in [5, 5.41) is 9.03. The van der Waals surface area contributed by atoms with Gasteiger partial charge in [-0.15, -0.1) is 0 Å². The smallest absolute Gasteiger partial charge is 0.310 e. The minimum atomic E-state index is -0.748. The summed E-state index contributed by atoms with van der Waals surface area (Å²) in [6.45, 7) is 2.82. The van der Waals surface area contributed by atoms with E-state index in [0.717, 1.165) is 19.5 Å². The second kappa shape index (κ2) is 6.18. The van der Waals surface area contributed by atoms with E-state index in [9.17, 15) is 4.79 Å². The van der Waals surface area contributed by atoms with Gasteiger partial charge in [-0.1, -0.05) is 0 Å². The van der Waals surface area contributed by atoms with Gasteiger partial charge in [-0.05, 0) is 40.7 Å². The van der Waals surface area contributed by atoms with Crippen LogP contribution in [0, 0.1) is 5.92 Å². The van der Waals surface area contributed by atoms with E-state index in [4.69, 9.17) is 9.84 Å². The minimum Gasteiger partial charge on any atom is -0.481 e. The number of carboxylic acid groups (broad SMARTS) is 1. The molecular weight excluding hydrogens is 208 g/mol. The molecule has 1 aliphatic rings. The lowest BCUT2D eigenvalue weighted by atomic mass is 10.0. The van der Waals surface area contributed by atoms with Gasteiger partial charge in [0.15, 0.2) is 0 Å². The van der Waals surface area contributed by atoms with Crippen LogP contribution in [0.25, 0.3) is 0 Å². The lowest BCUT2D eigenvalue weighted by Gasteiger charge is -2.26. The number of rotatable bonds is 6. The Bertz CT molecular complexity index is 233. The van der Waals surface area contributed by atoms with E-state index in [0.29, 0.717) is 13.2 Å². The third kappa shape index (κ3) is 3.73. The van der Waals surface area contributed by atoms with Gasteiger partial charge in [0.25, 0.3) is 0 Å². The number of carboxylic acids is 1. The molecule has 0 aliphatic carbocycles. The molecule has 1 fully saturated rings. The predicted molar refractivity (Wildman–Crippen MR) is 61.5 cm³/mol. The number of hydrogen-bond donors (Lipinski definition) is 1. The van der Waals surface area contributed by atoms with Crippen LogP contribution in [0.15, 0.2) is 0 Å². The van der Waals surface area contributed by atoms with Gasteiger partial charge in [-0.3, -0.25) is 4.79 Å². The average molecular weight is 230 g/mol. The molecule has 0 aromatic carbocycles. The monoisotopic (exact) mass is 230 g/mol. The molecule has 94 valence electrons. The number of carbonyl (C=O) groups is 1. The summed E-state index contributed by atoms with van der Waals surface area (Å²) in [7, 11) is 6.06. The van der Waals surface area contributed by atoms with Crippen molar-refractivity contribution in [3.8, 4) is 0 Å². The van der Waals surface area contributed by atoms with E-state index in [-0.39, 0.29) is 12.0 Å². The molecule has 1 rings (SSSR count). The summed E-state index contributed by atoms with van der Waals surface area (Å²) in [6.07, 6.45) is 1.05. The molecule has 0 radical (unpaired) electrons. The van der Waals surface area contributed by atoms with Crippen LogP contribution < -0.4 is 0 Å². The molecule has 0 bridgehead atoms. The van der Waals surface area contributed by atoms with E-state index in [2.05, 4.69) is 9.80 Å². The molecule has 1 saturated heterocycles. The van der Waals surface area contributed by atoms with Crippen LogP contribution in [0.3, 0.4) is 0 Å². The highest BCUT2D eigenvalue weighted by atomic mass is 16.5. The number of nitrogens with zero attached hydrogens (tertiary/aromatic N) is 2. The Hall–Kier alpha value is -0.650. The molecule has 2 unspecified atom stereocenters. The molecule has 0 aromatic rings. The molecule has 1 N–H and O–H groups in total. The van der Waals surface area contributed by atoms with Gasteiger partial charge in [0.2, 0.25) is 0 Å². The van der Waals surface area contributed by atoms with Crippen molar-refractivity contribution in [3.63, 3.8) is 0 Å². The van der Waals surface area contributed by atoms with E-state index in [1.54, 1.807) is 0 Å². The largest absolute Gasteiger partial charge is 0.481 e. The van der Waals surface area contributed by atoms with Crippen molar-refractivity contribution < 1.29 is 14.6 Å². The lowest BCUT2D eigenvalue weighted by molar-refractivity contribution is -0.143. The maximum atomic E-state index is 11.0. The first-order chi connectivity index (χ1) is 7.52. The van der Waals surface area contributed by atoms with Gasteiger partial charge in [0, 0.05) is 6.04 Å². The van der Waals surface area contributed by atoms with E-state index in [1.807, 2.05) is 21.1 Å². The topological polar surface area (TPSA) is 53.0 Å². The molecule has 5 nitrogen and oxygen atoms in total. The summed E-state index contributed by atoms with van der Waals surface area (Å²) in [6, 6.07) is 0.0275. The highest BCUT2D eigenvalue weighted by molar-refractivity contribution is 5.71. The summed E-state index contributed by atoms with van der Waals surface area (Å²) in [4.78, 5) is 15.2. The van der Waals surface area contributed by atoms with Gasteiger partial charge < -0.3 is 19.6 Å². The molecular formula is C11H22N2O3. The second-order valence-corrected chi connectivity index (χ2v) is 4.69. The van der Waals surface area contributed by atoms with Crippen molar-refractivity contribution >= 4 is 5.97 Å². The lowest BCUT2D eigenvalue weighted by Crippen LogP contribution is -2.41. The standard InChI is InChI=1S/C11H22N2O3/c1-12(2)5-4-6-13(3)10-8-16-7-9(10)11(14)15/h9-10H,4-8H2,1-3H3,(H,14,15). The van der Waals surface area contributed by atoms with Crippen molar-refractivity contribution in [2.75, 3.05) is 47.4 Å². The second-order valence-electron chi connectivity index (χ2n) is 4.69. The van der Waals surface area contributed by atoms with Crippen LogP contribution in [0.4, 0.5) is 0 Å². The van der Waals surface area contributed by atoms with E-state index < -0.39 is 5.97 Å². The zero-order valence-electron chi connectivity index (χ0n) is 10.3. The Balaban J connectivity index is 2.34. The number of likely N-dealkylation sites (N-methyl/N-ethyl adjacent to an activating group) is 1. The van der Waals surface area contributed by atoms with Crippen LogP contribution in [0.2, 0.25) is 0 Å². The van der Waals surface area contributed by atoms with Crippen LogP contribution in [0.1, 0.15) is 6.42 Å². The molecule has 16 heavy (non-hydrogen) atoms. The highest BCUT2D eigenvalue weighted by Gasteiger charge is 2.36. The number of aliphatic carboxylic acids is 1. The van der Waals surface area contributed by atoms with E-state index in [1.165, 1.54) is 0 Å². The Kier molecular flexibility index (Phi) is 5.18. The third-order valence-electron chi connectivity index (χ3n) is 3.05. The fraction of sp³-hybridized carbons (Fsp3) is 0.909. The predicted octanol–water partition coefficient (Wildman–Crippen LogP) is -0.0305. The van der Waals surface area contributed by atoms with Crippen LogP contribution in [0.5, 0.6) is 0 Å². The first-order valence-corrected chi connectivity index (χ1v) is 5.68. The van der Waals surface area contributed by atoms with Crippen LogP contribution in [-0.2, 0) is 9.53 Å². The van der Waals surface area contributed by atoms with Crippen molar-refractivity contribution in [1.82, 2.24) is 9.80 Å². The Morgan fingerprint density at radius 3 is 2.56 bits per heavy atom. The fourth-order valence-corrected chi connectivity index (χ4v) is 2.02. The fourth-order valence-electron chi connectivity index (χ4n) is 2.02. The SMILES string of the molecule is CN(C)CCCN(C)C1COCC1C(=O)O. The Morgan fingerprint density at radius 2 is 2.00 bits per heavy atom. The third-order valence-corrected chi connectivity index (χ3v) is 3.05. The maximum Gasteiger partial charge on any atom is 0.310 e. The Morgan fingerprint density at radius 1 is 1.31 bits per heavy atom. The molecule has 1 heterocycles. The number of hydrogen-bond acceptors (Lipinski definition) is 4. The number of ether oxygens (including phenoxy) is 1. The zero-order chi connectivity index (χ0) is 12.1. The first-order valence-electron chi connectivity index (χ1n) is 5.68. The normalized spacial score (nSPS) is 25.6.